The third-order valence-corrected chi connectivity index (χ3v) is 6.22. The Balaban J connectivity index is 1.44. The average Bonchev–Trinajstić information content (AvgIpc) is 2.93. The average molecular weight is 497 g/mol. The normalized spacial score (nSPS) is 13.8. The van der Waals surface area contributed by atoms with Crippen molar-refractivity contribution in [1.29, 1.82) is 0 Å². The van der Waals surface area contributed by atoms with Crippen molar-refractivity contribution in [3.05, 3.63) is 67.5 Å². The maximum absolute atomic E-state index is 11.7. The number of rotatable bonds is 7. The Morgan fingerprint density at radius 2 is 1.92 bits per heavy atom. The molecule has 0 aliphatic carbocycles. The van der Waals surface area contributed by atoms with E-state index in [1.165, 1.54) is 6.08 Å². The number of methoxy groups -OCH3 is 1. The van der Waals surface area contributed by atoms with Crippen LogP contribution in [0.1, 0.15) is 0 Å². The van der Waals surface area contributed by atoms with Gasteiger partial charge >= 0.3 is 0 Å². The van der Waals surface area contributed by atoms with E-state index in [2.05, 4.69) is 44.0 Å². The Bertz CT molecular complexity index is 1450. The highest BCUT2D eigenvalue weighted by molar-refractivity contribution is 6.00. The molecular formula is C27H28N8O2. The zero-order valence-corrected chi connectivity index (χ0v) is 20.8. The van der Waals surface area contributed by atoms with Gasteiger partial charge in [-0.3, -0.25) is 9.78 Å². The van der Waals surface area contributed by atoms with Crippen molar-refractivity contribution < 1.29 is 9.53 Å². The second-order valence-electron chi connectivity index (χ2n) is 8.70. The fraction of sp³-hybridized carbons (Fsp3) is 0.222. The predicted octanol–water partition coefficient (Wildman–Crippen LogP) is 3.72. The van der Waals surface area contributed by atoms with Crippen LogP contribution < -0.4 is 20.3 Å². The van der Waals surface area contributed by atoms with Crippen LogP contribution in [0.25, 0.3) is 22.2 Å². The van der Waals surface area contributed by atoms with E-state index in [0.717, 1.165) is 43.1 Å². The van der Waals surface area contributed by atoms with Gasteiger partial charge < -0.3 is 25.2 Å². The molecule has 1 aliphatic heterocycles. The van der Waals surface area contributed by atoms with Crippen molar-refractivity contribution in [3.63, 3.8) is 0 Å². The van der Waals surface area contributed by atoms with Crippen LogP contribution in [0, 0.1) is 0 Å². The largest absolute Gasteiger partial charge is 0.479 e. The summed E-state index contributed by atoms with van der Waals surface area (Å²) in [6.07, 6.45) is 4.63. The van der Waals surface area contributed by atoms with Crippen LogP contribution in [0.5, 0.6) is 5.88 Å². The standard InChI is InChI=1S/C27H28N8O2/c1-4-24(36)30-19-7-5-6-18(16-19)20-10-11-28-22-17-29-27(33-25(20)22)31-21-8-9-23(32-26(21)37-3)35-14-12-34(2)13-15-35/h4-11,16-17H,1,12-15H2,2-3H3,(H,30,36)(H,29,31,33). The number of ether oxygens (including phenoxy) is 1. The number of fused-ring (bicyclic) bond motifs is 1. The van der Waals surface area contributed by atoms with Crippen LogP contribution in [0.15, 0.2) is 67.5 Å². The minimum absolute atomic E-state index is 0.272. The van der Waals surface area contributed by atoms with Gasteiger partial charge in [0.25, 0.3) is 0 Å². The molecule has 0 bridgehead atoms. The molecule has 37 heavy (non-hydrogen) atoms. The number of anilines is 4. The molecule has 3 aromatic heterocycles. The molecule has 4 heterocycles. The number of nitrogens with zero attached hydrogens (tertiary/aromatic N) is 6. The van der Waals surface area contributed by atoms with E-state index >= 15 is 0 Å². The van der Waals surface area contributed by atoms with Crippen LogP contribution in [0.2, 0.25) is 0 Å². The highest BCUT2D eigenvalue weighted by Crippen LogP contribution is 2.31. The summed E-state index contributed by atoms with van der Waals surface area (Å²) in [5.41, 5.74) is 4.40. The van der Waals surface area contributed by atoms with E-state index in [9.17, 15) is 4.79 Å². The van der Waals surface area contributed by atoms with Crippen LogP contribution in [-0.2, 0) is 4.79 Å². The molecule has 1 saturated heterocycles. The molecule has 4 aromatic rings. The first-order chi connectivity index (χ1) is 18.0. The number of carbonyl (C=O) groups excluding carboxylic acids is 1. The number of likely N-dealkylation sites (N-methyl/N-ethyl adjacent to an activating group) is 1. The van der Waals surface area contributed by atoms with E-state index in [4.69, 9.17) is 14.7 Å². The number of nitrogens with one attached hydrogen (secondary N) is 2. The van der Waals surface area contributed by atoms with Gasteiger partial charge in [0.2, 0.25) is 17.7 Å². The monoisotopic (exact) mass is 496 g/mol. The zero-order valence-electron chi connectivity index (χ0n) is 20.8. The molecule has 188 valence electrons. The molecule has 0 atom stereocenters. The Morgan fingerprint density at radius 3 is 2.70 bits per heavy atom. The van der Waals surface area contributed by atoms with Crippen molar-refractivity contribution >= 4 is 40.1 Å². The van der Waals surface area contributed by atoms with Crippen molar-refractivity contribution in [1.82, 2.24) is 24.8 Å². The van der Waals surface area contributed by atoms with Crippen LogP contribution >= 0.6 is 0 Å². The molecule has 1 aliphatic rings. The molecule has 0 saturated carbocycles. The summed E-state index contributed by atoms with van der Waals surface area (Å²) in [6.45, 7) is 7.33. The smallest absolute Gasteiger partial charge is 0.247 e. The lowest BCUT2D eigenvalue weighted by Crippen LogP contribution is -2.44. The quantitative estimate of drug-likeness (QED) is 0.370. The lowest BCUT2D eigenvalue weighted by atomic mass is 10.0. The maximum atomic E-state index is 11.7. The molecule has 1 aromatic carbocycles. The van der Waals surface area contributed by atoms with E-state index in [1.807, 2.05) is 42.5 Å². The number of hydrogen-bond donors (Lipinski definition) is 2. The van der Waals surface area contributed by atoms with E-state index in [1.54, 1.807) is 19.5 Å². The van der Waals surface area contributed by atoms with Gasteiger partial charge in [0.1, 0.15) is 22.5 Å². The van der Waals surface area contributed by atoms with Crippen LogP contribution in [0.3, 0.4) is 0 Å². The Kier molecular flexibility index (Phi) is 6.91. The number of amides is 1. The minimum Gasteiger partial charge on any atom is -0.479 e. The second-order valence-corrected chi connectivity index (χ2v) is 8.70. The Morgan fingerprint density at radius 1 is 1.08 bits per heavy atom. The third kappa shape index (κ3) is 5.34. The molecule has 5 rings (SSSR count). The zero-order chi connectivity index (χ0) is 25.8. The van der Waals surface area contributed by atoms with Crippen LogP contribution in [-0.4, -0.2) is 71.1 Å². The summed E-state index contributed by atoms with van der Waals surface area (Å²) in [6, 6.07) is 13.3. The summed E-state index contributed by atoms with van der Waals surface area (Å²) in [4.78, 5) is 34.7. The van der Waals surface area contributed by atoms with E-state index in [0.29, 0.717) is 34.2 Å². The third-order valence-electron chi connectivity index (χ3n) is 6.22. The molecule has 2 N–H and O–H groups in total. The lowest BCUT2D eigenvalue weighted by Gasteiger charge is -2.33. The molecule has 1 fully saturated rings. The van der Waals surface area contributed by atoms with Gasteiger partial charge in [-0.05, 0) is 49.0 Å². The Hall–Kier alpha value is -4.57. The fourth-order valence-electron chi connectivity index (χ4n) is 4.20. The number of benzene rings is 1. The Labute approximate surface area is 215 Å². The fourth-order valence-corrected chi connectivity index (χ4v) is 4.20. The van der Waals surface area contributed by atoms with Crippen molar-refractivity contribution in [2.75, 3.05) is 55.9 Å². The first-order valence-electron chi connectivity index (χ1n) is 11.9. The number of pyridine rings is 2. The summed E-state index contributed by atoms with van der Waals surface area (Å²) < 4.78 is 5.58. The number of piperazine rings is 1. The number of aromatic nitrogens is 4. The molecule has 10 nitrogen and oxygen atoms in total. The summed E-state index contributed by atoms with van der Waals surface area (Å²) in [5.74, 6) is 1.47. The predicted molar refractivity (Wildman–Crippen MR) is 145 cm³/mol. The SMILES string of the molecule is C=CC(=O)Nc1cccc(-c2ccnc3cnc(Nc4ccc(N5CCN(C)CC5)nc4OC)nc23)c1. The van der Waals surface area contributed by atoms with Gasteiger partial charge in [0.15, 0.2) is 0 Å². The highest BCUT2D eigenvalue weighted by Gasteiger charge is 2.18. The number of carbonyl (C=O) groups is 1. The van der Waals surface area contributed by atoms with E-state index in [-0.39, 0.29) is 5.91 Å². The lowest BCUT2D eigenvalue weighted by molar-refractivity contribution is -0.111. The molecule has 0 spiro atoms. The molecule has 0 unspecified atom stereocenters. The summed E-state index contributed by atoms with van der Waals surface area (Å²) in [5, 5.41) is 6.04. The molecular weight excluding hydrogens is 468 g/mol. The van der Waals surface area contributed by atoms with Gasteiger partial charge in [0.05, 0.1) is 13.3 Å². The highest BCUT2D eigenvalue weighted by atomic mass is 16.5. The first-order valence-corrected chi connectivity index (χ1v) is 11.9. The molecule has 0 radical (unpaired) electrons. The summed E-state index contributed by atoms with van der Waals surface area (Å²) in [7, 11) is 3.73. The van der Waals surface area contributed by atoms with E-state index < -0.39 is 0 Å². The van der Waals surface area contributed by atoms with Gasteiger partial charge in [-0.15, -0.1) is 0 Å². The second kappa shape index (κ2) is 10.6. The van der Waals surface area contributed by atoms with Crippen molar-refractivity contribution in [2.24, 2.45) is 0 Å². The first kappa shape index (κ1) is 24.1. The molecule has 10 heteroatoms. The van der Waals surface area contributed by atoms with Gasteiger partial charge in [-0.25, -0.2) is 9.97 Å². The maximum Gasteiger partial charge on any atom is 0.247 e. The van der Waals surface area contributed by atoms with Crippen molar-refractivity contribution in [3.8, 4) is 17.0 Å². The topological polar surface area (TPSA) is 108 Å². The van der Waals surface area contributed by atoms with Gasteiger partial charge in [-0.2, -0.15) is 4.98 Å². The van der Waals surface area contributed by atoms with Gasteiger partial charge in [-0.1, -0.05) is 18.7 Å². The van der Waals surface area contributed by atoms with Crippen molar-refractivity contribution in [2.45, 2.75) is 0 Å². The summed E-state index contributed by atoms with van der Waals surface area (Å²) >= 11 is 0. The molecule has 1 amide bonds. The van der Waals surface area contributed by atoms with Gasteiger partial charge in [0, 0.05) is 43.6 Å². The van der Waals surface area contributed by atoms with Crippen LogP contribution in [0.4, 0.5) is 23.1 Å². The minimum atomic E-state index is -0.272. The number of hydrogen-bond acceptors (Lipinski definition) is 9.